The predicted octanol–water partition coefficient (Wildman–Crippen LogP) is 4.83. The minimum atomic E-state index is 0.0754. The van der Waals surface area contributed by atoms with E-state index in [0.717, 1.165) is 35.2 Å². The molecule has 0 aliphatic heterocycles. The SMILES string of the molecule is C/C(=C\c1ccccc1)CN(CCCn1ccnc1)C(=O)c1ccc(C)cc1. The van der Waals surface area contributed by atoms with Crippen LogP contribution in [0.3, 0.4) is 0 Å². The summed E-state index contributed by atoms with van der Waals surface area (Å²) in [5.74, 6) is 0.0754. The summed E-state index contributed by atoms with van der Waals surface area (Å²) in [5, 5.41) is 0. The highest BCUT2D eigenvalue weighted by atomic mass is 16.2. The lowest BCUT2D eigenvalue weighted by Gasteiger charge is -2.23. The zero-order chi connectivity index (χ0) is 19.8. The maximum absolute atomic E-state index is 13.1. The second kappa shape index (κ2) is 9.70. The molecule has 28 heavy (non-hydrogen) atoms. The fourth-order valence-electron chi connectivity index (χ4n) is 3.17. The molecule has 0 atom stereocenters. The number of benzene rings is 2. The standard InChI is InChI=1S/C24H27N3O/c1-20-9-11-23(12-10-20)24(28)27(15-6-14-26-16-13-25-19-26)18-21(2)17-22-7-4-3-5-8-22/h3-5,7-13,16-17,19H,6,14-15,18H2,1-2H3/b21-17+. The van der Waals surface area contributed by atoms with Crippen LogP contribution in [-0.4, -0.2) is 33.4 Å². The molecule has 0 spiro atoms. The smallest absolute Gasteiger partial charge is 0.254 e. The van der Waals surface area contributed by atoms with E-state index in [9.17, 15) is 4.79 Å². The highest BCUT2D eigenvalue weighted by Crippen LogP contribution is 2.13. The fraction of sp³-hybridized carbons (Fsp3) is 0.250. The van der Waals surface area contributed by atoms with Crippen molar-refractivity contribution in [3.63, 3.8) is 0 Å². The third-order valence-electron chi connectivity index (χ3n) is 4.64. The third-order valence-corrected chi connectivity index (χ3v) is 4.64. The maximum atomic E-state index is 13.1. The normalized spacial score (nSPS) is 11.4. The molecule has 0 fully saturated rings. The quantitative estimate of drug-likeness (QED) is 0.567. The number of amides is 1. The molecule has 0 aliphatic carbocycles. The van der Waals surface area contributed by atoms with Gasteiger partial charge in [-0.2, -0.15) is 0 Å². The second-order valence-electron chi connectivity index (χ2n) is 7.15. The van der Waals surface area contributed by atoms with Gasteiger partial charge in [0.2, 0.25) is 0 Å². The monoisotopic (exact) mass is 373 g/mol. The first-order valence-corrected chi connectivity index (χ1v) is 9.66. The van der Waals surface area contributed by atoms with E-state index in [1.54, 1.807) is 6.20 Å². The zero-order valence-electron chi connectivity index (χ0n) is 16.6. The Labute approximate surface area is 167 Å². The Morgan fingerprint density at radius 2 is 1.86 bits per heavy atom. The number of hydrogen-bond donors (Lipinski definition) is 0. The van der Waals surface area contributed by atoms with Crippen LogP contribution in [0.25, 0.3) is 6.08 Å². The summed E-state index contributed by atoms with van der Waals surface area (Å²) >= 11 is 0. The first-order chi connectivity index (χ1) is 13.6. The van der Waals surface area contributed by atoms with Crippen LogP contribution in [0.1, 0.15) is 34.8 Å². The highest BCUT2D eigenvalue weighted by Gasteiger charge is 2.16. The van der Waals surface area contributed by atoms with E-state index < -0.39 is 0 Å². The van der Waals surface area contributed by atoms with Gasteiger partial charge in [0.25, 0.3) is 5.91 Å². The topological polar surface area (TPSA) is 38.1 Å². The number of carbonyl (C=O) groups excluding carboxylic acids is 1. The molecule has 2 aromatic carbocycles. The van der Waals surface area contributed by atoms with Crippen LogP contribution in [0.4, 0.5) is 0 Å². The Morgan fingerprint density at radius 1 is 1.11 bits per heavy atom. The van der Waals surface area contributed by atoms with Crippen molar-refractivity contribution in [1.29, 1.82) is 0 Å². The lowest BCUT2D eigenvalue weighted by Crippen LogP contribution is -2.34. The minimum absolute atomic E-state index is 0.0754. The molecular formula is C24H27N3O. The average molecular weight is 374 g/mol. The number of aryl methyl sites for hydroxylation is 2. The summed E-state index contributed by atoms with van der Waals surface area (Å²) in [6.45, 7) is 6.28. The molecule has 3 aromatic rings. The summed E-state index contributed by atoms with van der Waals surface area (Å²) in [7, 11) is 0. The van der Waals surface area contributed by atoms with Crippen molar-refractivity contribution in [3.05, 3.63) is 95.6 Å². The van der Waals surface area contributed by atoms with Gasteiger partial charge in [-0.05, 0) is 38.0 Å². The first kappa shape index (κ1) is 19.6. The predicted molar refractivity (Wildman–Crippen MR) is 114 cm³/mol. The van der Waals surface area contributed by atoms with Crippen molar-refractivity contribution in [3.8, 4) is 0 Å². The van der Waals surface area contributed by atoms with E-state index in [1.807, 2.05) is 71.4 Å². The van der Waals surface area contributed by atoms with Crippen LogP contribution < -0.4 is 0 Å². The molecule has 1 aromatic heterocycles. The molecule has 0 aliphatic rings. The number of hydrogen-bond acceptors (Lipinski definition) is 2. The summed E-state index contributed by atoms with van der Waals surface area (Å²) in [6.07, 6.45) is 8.57. The molecule has 4 nitrogen and oxygen atoms in total. The first-order valence-electron chi connectivity index (χ1n) is 9.66. The van der Waals surface area contributed by atoms with E-state index >= 15 is 0 Å². The summed E-state index contributed by atoms with van der Waals surface area (Å²) in [6, 6.07) is 18.0. The van der Waals surface area contributed by atoms with Gasteiger partial charge in [-0.25, -0.2) is 4.98 Å². The fourth-order valence-corrected chi connectivity index (χ4v) is 3.17. The summed E-state index contributed by atoms with van der Waals surface area (Å²) in [5.41, 5.74) is 4.21. The average Bonchev–Trinajstić information content (AvgIpc) is 3.21. The lowest BCUT2D eigenvalue weighted by atomic mass is 10.1. The molecule has 0 bridgehead atoms. The Morgan fingerprint density at radius 3 is 2.54 bits per heavy atom. The number of rotatable bonds is 8. The van der Waals surface area contributed by atoms with Crippen LogP contribution in [0.2, 0.25) is 0 Å². The number of nitrogens with zero attached hydrogens (tertiary/aromatic N) is 3. The Bertz CT molecular complexity index is 897. The maximum Gasteiger partial charge on any atom is 0.254 e. The van der Waals surface area contributed by atoms with E-state index in [0.29, 0.717) is 13.1 Å². The van der Waals surface area contributed by atoms with Gasteiger partial charge < -0.3 is 9.47 Å². The Hall–Kier alpha value is -3.14. The molecular weight excluding hydrogens is 346 g/mol. The van der Waals surface area contributed by atoms with Crippen molar-refractivity contribution in [1.82, 2.24) is 14.5 Å². The third kappa shape index (κ3) is 5.68. The van der Waals surface area contributed by atoms with Crippen molar-refractivity contribution in [2.75, 3.05) is 13.1 Å². The largest absolute Gasteiger partial charge is 0.337 e. The van der Waals surface area contributed by atoms with Crippen LogP contribution in [0, 0.1) is 6.92 Å². The summed E-state index contributed by atoms with van der Waals surface area (Å²) < 4.78 is 2.04. The van der Waals surface area contributed by atoms with Gasteiger partial charge in [0, 0.05) is 37.6 Å². The van der Waals surface area contributed by atoms with Crippen LogP contribution in [0.15, 0.2) is 78.9 Å². The molecule has 0 radical (unpaired) electrons. The Balaban J connectivity index is 1.71. The van der Waals surface area contributed by atoms with Crippen LogP contribution in [0.5, 0.6) is 0 Å². The van der Waals surface area contributed by atoms with Gasteiger partial charge in [0.15, 0.2) is 0 Å². The van der Waals surface area contributed by atoms with E-state index in [2.05, 4.69) is 30.1 Å². The van der Waals surface area contributed by atoms with Crippen molar-refractivity contribution in [2.24, 2.45) is 0 Å². The second-order valence-corrected chi connectivity index (χ2v) is 7.15. The van der Waals surface area contributed by atoms with Crippen molar-refractivity contribution >= 4 is 12.0 Å². The van der Waals surface area contributed by atoms with Gasteiger partial charge in [-0.1, -0.05) is 59.7 Å². The molecule has 0 saturated heterocycles. The Kier molecular flexibility index (Phi) is 6.79. The van der Waals surface area contributed by atoms with Crippen molar-refractivity contribution in [2.45, 2.75) is 26.8 Å². The van der Waals surface area contributed by atoms with Gasteiger partial charge in [0.1, 0.15) is 0 Å². The molecule has 1 amide bonds. The lowest BCUT2D eigenvalue weighted by molar-refractivity contribution is 0.0766. The van der Waals surface area contributed by atoms with Crippen molar-refractivity contribution < 1.29 is 4.79 Å². The summed E-state index contributed by atoms with van der Waals surface area (Å²) in [4.78, 5) is 19.1. The van der Waals surface area contributed by atoms with E-state index in [-0.39, 0.29) is 5.91 Å². The minimum Gasteiger partial charge on any atom is -0.337 e. The van der Waals surface area contributed by atoms with Gasteiger partial charge in [-0.3, -0.25) is 4.79 Å². The number of carbonyl (C=O) groups is 1. The molecule has 3 rings (SSSR count). The van der Waals surface area contributed by atoms with Gasteiger partial charge in [-0.15, -0.1) is 0 Å². The molecule has 0 N–H and O–H groups in total. The zero-order valence-corrected chi connectivity index (χ0v) is 16.6. The molecule has 0 saturated carbocycles. The number of aromatic nitrogens is 2. The molecule has 4 heteroatoms. The molecule has 1 heterocycles. The van der Waals surface area contributed by atoms with E-state index in [1.165, 1.54) is 0 Å². The van der Waals surface area contributed by atoms with Crippen LogP contribution >= 0.6 is 0 Å². The van der Waals surface area contributed by atoms with Crippen LogP contribution in [-0.2, 0) is 6.54 Å². The highest BCUT2D eigenvalue weighted by molar-refractivity contribution is 5.94. The van der Waals surface area contributed by atoms with Gasteiger partial charge in [0.05, 0.1) is 6.33 Å². The van der Waals surface area contributed by atoms with Gasteiger partial charge >= 0.3 is 0 Å². The molecule has 144 valence electrons. The number of imidazole rings is 1. The van der Waals surface area contributed by atoms with E-state index in [4.69, 9.17) is 0 Å². The molecule has 0 unspecified atom stereocenters.